The van der Waals surface area contributed by atoms with Gasteiger partial charge in [0.2, 0.25) is 10.0 Å². The highest BCUT2D eigenvalue weighted by Crippen LogP contribution is 2.11. The molecule has 1 heterocycles. The summed E-state index contributed by atoms with van der Waals surface area (Å²) in [5, 5.41) is 0. The third-order valence-electron chi connectivity index (χ3n) is 1.79. The normalized spacial score (nSPS) is 11.8. The Morgan fingerprint density at radius 1 is 1.47 bits per heavy atom. The topological polar surface area (TPSA) is 68.3 Å². The Balaban J connectivity index is 2.52. The lowest BCUT2D eigenvalue weighted by molar-refractivity contribution is 0.0913. The van der Waals surface area contributed by atoms with E-state index in [0.29, 0.717) is 5.82 Å². The van der Waals surface area contributed by atoms with E-state index in [-0.39, 0.29) is 18.5 Å². The van der Waals surface area contributed by atoms with Crippen molar-refractivity contribution in [3.05, 3.63) is 22.8 Å². The highest BCUT2D eigenvalue weighted by molar-refractivity contribution is 9.10. The second kappa shape index (κ2) is 6.32. The van der Waals surface area contributed by atoms with E-state index in [1.54, 1.807) is 12.1 Å². The molecule has 1 aromatic rings. The Morgan fingerprint density at radius 2 is 2.18 bits per heavy atom. The first-order valence-electron chi connectivity index (χ1n) is 5.13. The Hall–Kier alpha value is -0.660. The van der Waals surface area contributed by atoms with Crippen LogP contribution in [-0.2, 0) is 14.8 Å². The van der Waals surface area contributed by atoms with E-state index in [1.165, 1.54) is 6.20 Å². The van der Waals surface area contributed by atoms with E-state index in [0.717, 1.165) is 4.47 Å². The lowest BCUT2D eigenvalue weighted by Gasteiger charge is -2.09. The lowest BCUT2D eigenvalue weighted by atomic mass is 10.5. The van der Waals surface area contributed by atoms with Gasteiger partial charge in [-0.1, -0.05) is 0 Å². The summed E-state index contributed by atoms with van der Waals surface area (Å²) in [5.74, 6) is 0.223. The van der Waals surface area contributed by atoms with Crippen LogP contribution in [-0.4, -0.2) is 31.9 Å². The molecule has 0 aromatic carbocycles. The molecule has 0 aliphatic rings. The number of nitrogens with zero attached hydrogens (tertiary/aromatic N) is 1. The SMILES string of the molecule is CC(C)OCCS(=O)(=O)Nc1ccc(Br)cn1. The summed E-state index contributed by atoms with van der Waals surface area (Å²) in [5.41, 5.74) is 0. The summed E-state index contributed by atoms with van der Waals surface area (Å²) in [6.45, 7) is 3.89. The van der Waals surface area contributed by atoms with Crippen LogP contribution < -0.4 is 4.72 Å². The summed E-state index contributed by atoms with van der Waals surface area (Å²) in [4.78, 5) is 3.93. The maximum absolute atomic E-state index is 11.6. The molecule has 17 heavy (non-hydrogen) atoms. The number of anilines is 1. The van der Waals surface area contributed by atoms with Crippen molar-refractivity contribution in [1.82, 2.24) is 4.98 Å². The van der Waals surface area contributed by atoms with Gasteiger partial charge < -0.3 is 4.74 Å². The average molecular weight is 323 g/mol. The van der Waals surface area contributed by atoms with E-state index >= 15 is 0 Å². The third kappa shape index (κ3) is 5.99. The minimum atomic E-state index is -3.40. The minimum absolute atomic E-state index is 0.0241. The van der Waals surface area contributed by atoms with Crippen molar-refractivity contribution >= 4 is 31.8 Å². The molecule has 1 N–H and O–H groups in total. The number of nitrogens with one attached hydrogen (secondary N) is 1. The van der Waals surface area contributed by atoms with Gasteiger partial charge in [-0.3, -0.25) is 4.72 Å². The monoisotopic (exact) mass is 322 g/mol. The molecule has 0 radical (unpaired) electrons. The van der Waals surface area contributed by atoms with Gasteiger partial charge in [0.05, 0.1) is 18.5 Å². The first-order valence-corrected chi connectivity index (χ1v) is 7.57. The first-order chi connectivity index (χ1) is 7.89. The zero-order chi connectivity index (χ0) is 12.9. The number of sulfonamides is 1. The number of rotatable bonds is 6. The number of hydrogen-bond donors (Lipinski definition) is 1. The Morgan fingerprint density at radius 3 is 2.71 bits per heavy atom. The van der Waals surface area contributed by atoms with Gasteiger partial charge in [0.25, 0.3) is 0 Å². The van der Waals surface area contributed by atoms with Crippen LogP contribution in [0.25, 0.3) is 0 Å². The van der Waals surface area contributed by atoms with Gasteiger partial charge in [0.1, 0.15) is 5.82 Å². The zero-order valence-electron chi connectivity index (χ0n) is 9.68. The summed E-state index contributed by atoms with van der Waals surface area (Å²) in [6.07, 6.45) is 1.55. The fourth-order valence-corrected chi connectivity index (χ4v) is 2.13. The van der Waals surface area contributed by atoms with Crippen LogP contribution in [0.1, 0.15) is 13.8 Å². The van der Waals surface area contributed by atoms with Gasteiger partial charge in [-0.05, 0) is 41.9 Å². The van der Waals surface area contributed by atoms with Crippen LogP contribution in [0.2, 0.25) is 0 Å². The van der Waals surface area contributed by atoms with Crippen molar-refractivity contribution in [2.24, 2.45) is 0 Å². The molecule has 7 heteroatoms. The minimum Gasteiger partial charge on any atom is -0.378 e. The number of halogens is 1. The molecule has 0 saturated carbocycles. The fraction of sp³-hybridized carbons (Fsp3) is 0.500. The van der Waals surface area contributed by atoms with E-state index < -0.39 is 10.0 Å². The highest BCUT2D eigenvalue weighted by atomic mass is 79.9. The Bertz CT molecular complexity index is 445. The molecule has 1 aromatic heterocycles. The second-order valence-electron chi connectivity index (χ2n) is 3.70. The second-order valence-corrected chi connectivity index (χ2v) is 6.46. The molecule has 0 saturated heterocycles. The van der Waals surface area contributed by atoms with Crippen LogP contribution in [0.3, 0.4) is 0 Å². The molecule has 5 nitrogen and oxygen atoms in total. The number of hydrogen-bond acceptors (Lipinski definition) is 4. The first kappa shape index (κ1) is 14.4. The van der Waals surface area contributed by atoms with Crippen molar-refractivity contribution in [2.45, 2.75) is 20.0 Å². The number of ether oxygens (including phenoxy) is 1. The van der Waals surface area contributed by atoms with Gasteiger partial charge in [-0.2, -0.15) is 0 Å². The molecule has 96 valence electrons. The van der Waals surface area contributed by atoms with E-state index in [9.17, 15) is 8.42 Å². The molecular weight excluding hydrogens is 308 g/mol. The van der Waals surface area contributed by atoms with Crippen molar-refractivity contribution < 1.29 is 13.2 Å². The molecule has 0 aliphatic heterocycles. The average Bonchev–Trinajstić information content (AvgIpc) is 2.20. The van der Waals surface area contributed by atoms with Crippen molar-refractivity contribution in [1.29, 1.82) is 0 Å². The van der Waals surface area contributed by atoms with Gasteiger partial charge >= 0.3 is 0 Å². The smallest absolute Gasteiger partial charge is 0.236 e. The van der Waals surface area contributed by atoms with Gasteiger partial charge in [-0.15, -0.1) is 0 Å². The van der Waals surface area contributed by atoms with Crippen molar-refractivity contribution in [2.75, 3.05) is 17.1 Å². The molecule has 0 unspecified atom stereocenters. The standard InChI is InChI=1S/C10H15BrN2O3S/c1-8(2)16-5-6-17(14,15)13-10-4-3-9(11)7-12-10/h3-4,7-8H,5-6H2,1-2H3,(H,12,13). The molecule has 1 rings (SSSR count). The molecule has 0 spiro atoms. The fourth-order valence-electron chi connectivity index (χ4n) is 1.04. The quantitative estimate of drug-likeness (QED) is 0.869. The Kier molecular flexibility index (Phi) is 5.35. The van der Waals surface area contributed by atoms with E-state index in [1.807, 2.05) is 13.8 Å². The summed E-state index contributed by atoms with van der Waals surface area (Å²) in [7, 11) is -3.40. The molecule has 0 atom stereocenters. The molecule has 0 bridgehead atoms. The molecule has 0 fully saturated rings. The lowest BCUT2D eigenvalue weighted by Crippen LogP contribution is -2.22. The summed E-state index contributed by atoms with van der Waals surface area (Å²) < 4.78 is 31.6. The molecular formula is C10H15BrN2O3S. The van der Waals surface area contributed by atoms with Gasteiger partial charge in [-0.25, -0.2) is 13.4 Å². The van der Waals surface area contributed by atoms with Crippen molar-refractivity contribution in [3.63, 3.8) is 0 Å². The van der Waals surface area contributed by atoms with Crippen LogP contribution >= 0.6 is 15.9 Å². The van der Waals surface area contributed by atoms with Crippen LogP contribution in [0.5, 0.6) is 0 Å². The highest BCUT2D eigenvalue weighted by Gasteiger charge is 2.11. The zero-order valence-corrected chi connectivity index (χ0v) is 12.1. The van der Waals surface area contributed by atoms with E-state index in [4.69, 9.17) is 4.74 Å². The van der Waals surface area contributed by atoms with Crippen molar-refractivity contribution in [3.8, 4) is 0 Å². The Labute approximate surface area is 110 Å². The van der Waals surface area contributed by atoms with Gasteiger partial charge in [0.15, 0.2) is 0 Å². The maximum Gasteiger partial charge on any atom is 0.236 e. The predicted molar refractivity (Wildman–Crippen MR) is 70.4 cm³/mol. The third-order valence-corrected chi connectivity index (χ3v) is 3.48. The maximum atomic E-state index is 11.6. The summed E-state index contributed by atoms with van der Waals surface area (Å²) in [6, 6.07) is 3.31. The molecule has 0 amide bonds. The largest absolute Gasteiger partial charge is 0.378 e. The summed E-state index contributed by atoms with van der Waals surface area (Å²) >= 11 is 3.22. The predicted octanol–water partition coefficient (Wildman–Crippen LogP) is 2.01. The number of pyridine rings is 1. The van der Waals surface area contributed by atoms with Crippen LogP contribution in [0.4, 0.5) is 5.82 Å². The molecule has 0 aliphatic carbocycles. The van der Waals surface area contributed by atoms with E-state index in [2.05, 4.69) is 25.6 Å². The van der Waals surface area contributed by atoms with Crippen LogP contribution in [0, 0.1) is 0 Å². The number of aromatic nitrogens is 1. The van der Waals surface area contributed by atoms with Crippen LogP contribution in [0.15, 0.2) is 22.8 Å². The van der Waals surface area contributed by atoms with Gasteiger partial charge in [0, 0.05) is 10.7 Å².